The SMILES string of the molecule is CCOCCN(C)CC(C)=C1CNC1. The summed E-state index contributed by atoms with van der Waals surface area (Å²) in [6, 6.07) is 0. The number of hydrogen-bond donors (Lipinski definition) is 1. The van der Waals surface area contributed by atoms with E-state index in [-0.39, 0.29) is 0 Å². The van der Waals surface area contributed by atoms with Crippen LogP contribution in [-0.4, -0.2) is 51.3 Å². The number of ether oxygens (including phenoxy) is 1. The first-order valence-corrected chi connectivity index (χ1v) is 5.38. The Hall–Kier alpha value is -0.380. The lowest BCUT2D eigenvalue weighted by molar-refractivity contribution is 0.125. The lowest BCUT2D eigenvalue weighted by Gasteiger charge is -2.25. The van der Waals surface area contributed by atoms with Crippen molar-refractivity contribution in [1.29, 1.82) is 0 Å². The van der Waals surface area contributed by atoms with Gasteiger partial charge in [-0.2, -0.15) is 0 Å². The summed E-state index contributed by atoms with van der Waals surface area (Å²) < 4.78 is 5.32. The van der Waals surface area contributed by atoms with E-state index in [4.69, 9.17) is 4.74 Å². The van der Waals surface area contributed by atoms with Crippen LogP contribution in [-0.2, 0) is 4.74 Å². The van der Waals surface area contributed by atoms with Crippen LogP contribution in [0.2, 0.25) is 0 Å². The molecule has 3 nitrogen and oxygen atoms in total. The van der Waals surface area contributed by atoms with E-state index in [9.17, 15) is 0 Å². The maximum Gasteiger partial charge on any atom is 0.0593 e. The normalized spacial score (nSPS) is 15.9. The van der Waals surface area contributed by atoms with E-state index in [1.807, 2.05) is 6.92 Å². The maximum atomic E-state index is 5.32. The van der Waals surface area contributed by atoms with Gasteiger partial charge < -0.3 is 15.0 Å². The highest BCUT2D eigenvalue weighted by atomic mass is 16.5. The van der Waals surface area contributed by atoms with Gasteiger partial charge in [-0.05, 0) is 26.5 Å². The summed E-state index contributed by atoms with van der Waals surface area (Å²) in [6.07, 6.45) is 0. The summed E-state index contributed by atoms with van der Waals surface area (Å²) >= 11 is 0. The molecule has 14 heavy (non-hydrogen) atoms. The number of rotatable bonds is 6. The van der Waals surface area contributed by atoms with E-state index in [0.717, 1.165) is 39.4 Å². The topological polar surface area (TPSA) is 24.5 Å². The molecule has 0 bridgehead atoms. The lowest BCUT2D eigenvalue weighted by atomic mass is 10.0. The number of hydrogen-bond acceptors (Lipinski definition) is 3. The van der Waals surface area contributed by atoms with Gasteiger partial charge in [0.25, 0.3) is 0 Å². The van der Waals surface area contributed by atoms with E-state index < -0.39 is 0 Å². The van der Waals surface area contributed by atoms with Crippen molar-refractivity contribution in [3.05, 3.63) is 11.1 Å². The Labute approximate surface area is 87.1 Å². The van der Waals surface area contributed by atoms with Gasteiger partial charge >= 0.3 is 0 Å². The third-order valence-electron chi connectivity index (χ3n) is 2.61. The number of nitrogens with zero attached hydrogens (tertiary/aromatic N) is 1. The Bertz CT molecular complexity index is 195. The summed E-state index contributed by atoms with van der Waals surface area (Å²) in [5.41, 5.74) is 3.09. The van der Waals surface area contributed by atoms with Gasteiger partial charge in [-0.25, -0.2) is 0 Å². The third kappa shape index (κ3) is 3.78. The molecule has 1 aliphatic heterocycles. The van der Waals surface area contributed by atoms with Crippen molar-refractivity contribution in [2.45, 2.75) is 13.8 Å². The van der Waals surface area contributed by atoms with Crippen molar-refractivity contribution >= 4 is 0 Å². The summed E-state index contributed by atoms with van der Waals surface area (Å²) in [5, 5.41) is 3.27. The predicted octanol–water partition coefficient (Wildman–Crippen LogP) is 0.874. The fourth-order valence-electron chi connectivity index (χ4n) is 1.51. The van der Waals surface area contributed by atoms with Gasteiger partial charge in [-0.1, -0.05) is 5.57 Å². The molecule has 0 atom stereocenters. The fourth-order valence-corrected chi connectivity index (χ4v) is 1.51. The molecule has 0 aromatic carbocycles. The molecule has 0 aromatic rings. The van der Waals surface area contributed by atoms with Crippen molar-refractivity contribution in [2.75, 3.05) is 46.4 Å². The van der Waals surface area contributed by atoms with Crippen LogP contribution >= 0.6 is 0 Å². The summed E-state index contributed by atoms with van der Waals surface area (Å²) in [5.74, 6) is 0. The zero-order chi connectivity index (χ0) is 10.4. The highest BCUT2D eigenvalue weighted by Crippen LogP contribution is 2.09. The second-order valence-electron chi connectivity index (χ2n) is 3.92. The van der Waals surface area contributed by atoms with Crippen LogP contribution in [0.1, 0.15) is 13.8 Å². The molecule has 1 saturated heterocycles. The number of nitrogens with one attached hydrogen (secondary N) is 1. The second-order valence-corrected chi connectivity index (χ2v) is 3.92. The Kier molecular flexibility index (Phi) is 5.15. The summed E-state index contributed by atoms with van der Waals surface area (Å²) in [4.78, 5) is 2.32. The average molecular weight is 198 g/mol. The summed E-state index contributed by atoms with van der Waals surface area (Å²) in [7, 11) is 2.15. The van der Waals surface area contributed by atoms with Crippen LogP contribution in [0.4, 0.5) is 0 Å². The standard InChI is InChI=1S/C11H22N2O/c1-4-14-6-5-13(3)9-10(2)11-7-12-8-11/h12H,4-9H2,1-3H3. The fraction of sp³-hybridized carbons (Fsp3) is 0.818. The molecule has 82 valence electrons. The molecular formula is C11H22N2O. The van der Waals surface area contributed by atoms with Crippen LogP contribution in [0, 0.1) is 0 Å². The minimum Gasteiger partial charge on any atom is -0.380 e. The van der Waals surface area contributed by atoms with Crippen molar-refractivity contribution in [3.8, 4) is 0 Å². The van der Waals surface area contributed by atoms with Crippen LogP contribution in [0.5, 0.6) is 0 Å². The predicted molar refractivity (Wildman–Crippen MR) is 59.6 cm³/mol. The molecule has 0 aliphatic carbocycles. The molecule has 0 unspecified atom stereocenters. The van der Waals surface area contributed by atoms with Crippen LogP contribution < -0.4 is 5.32 Å². The quantitative estimate of drug-likeness (QED) is 0.506. The van der Waals surface area contributed by atoms with Gasteiger partial charge in [0.15, 0.2) is 0 Å². The van der Waals surface area contributed by atoms with E-state index in [2.05, 4.69) is 24.2 Å². The molecule has 0 aromatic heterocycles. The smallest absolute Gasteiger partial charge is 0.0593 e. The third-order valence-corrected chi connectivity index (χ3v) is 2.61. The number of likely N-dealkylation sites (N-methyl/N-ethyl adjacent to an activating group) is 1. The minimum absolute atomic E-state index is 0.817. The lowest BCUT2D eigenvalue weighted by Crippen LogP contribution is -2.36. The molecule has 0 radical (unpaired) electrons. The van der Waals surface area contributed by atoms with E-state index >= 15 is 0 Å². The minimum atomic E-state index is 0.817. The van der Waals surface area contributed by atoms with Crippen molar-refractivity contribution < 1.29 is 4.74 Å². The molecule has 1 aliphatic rings. The van der Waals surface area contributed by atoms with Crippen LogP contribution in [0.25, 0.3) is 0 Å². The van der Waals surface area contributed by atoms with Crippen molar-refractivity contribution in [1.82, 2.24) is 10.2 Å². The Morgan fingerprint density at radius 2 is 2.21 bits per heavy atom. The Balaban J connectivity index is 2.15. The molecule has 1 heterocycles. The molecule has 1 rings (SSSR count). The maximum absolute atomic E-state index is 5.32. The van der Waals surface area contributed by atoms with Gasteiger partial charge in [0.1, 0.15) is 0 Å². The highest BCUT2D eigenvalue weighted by Gasteiger charge is 2.11. The first-order chi connectivity index (χ1) is 6.74. The largest absolute Gasteiger partial charge is 0.380 e. The van der Waals surface area contributed by atoms with Gasteiger partial charge in [-0.15, -0.1) is 0 Å². The van der Waals surface area contributed by atoms with Crippen LogP contribution in [0.15, 0.2) is 11.1 Å². The van der Waals surface area contributed by atoms with Crippen molar-refractivity contribution in [3.63, 3.8) is 0 Å². The van der Waals surface area contributed by atoms with E-state index in [1.165, 1.54) is 5.57 Å². The highest BCUT2D eigenvalue weighted by molar-refractivity contribution is 5.22. The van der Waals surface area contributed by atoms with E-state index in [0.29, 0.717) is 0 Å². The zero-order valence-corrected chi connectivity index (χ0v) is 9.60. The monoisotopic (exact) mass is 198 g/mol. The first-order valence-electron chi connectivity index (χ1n) is 5.38. The molecule has 0 saturated carbocycles. The molecule has 1 fully saturated rings. The molecule has 0 spiro atoms. The second kappa shape index (κ2) is 6.17. The summed E-state index contributed by atoms with van der Waals surface area (Å²) in [6.45, 7) is 10.2. The van der Waals surface area contributed by atoms with Crippen molar-refractivity contribution in [2.24, 2.45) is 0 Å². The molecular weight excluding hydrogens is 176 g/mol. The molecule has 1 N–H and O–H groups in total. The van der Waals surface area contributed by atoms with E-state index in [1.54, 1.807) is 5.57 Å². The first kappa shape index (κ1) is 11.7. The van der Waals surface area contributed by atoms with Gasteiger partial charge in [0, 0.05) is 32.8 Å². The zero-order valence-electron chi connectivity index (χ0n) is 9.60. The van der Waals surface area contributed by atoms with Crippen LogP contribution in [0.3, 0.4) is 0 Å². The van der Waals surface area contributed by atoms with Gasteiger partial charge in [-0.3, -0.25) is 0 Å². The molecule has 0 amide bonds. The average Bonchev–Trinajstić information content (AvgIpc) is 2.00. The molecule has 3 heteroatoms. The van der Waals surface area contributed by atoms with Gasteiger partial charge in [0.05, 0.1) is 6.61 Å². The Morgan fingerprint density at radius 3 is 2.71 bits per heavy atom. The Morgan fingerprint density at radius 1 is 1.50 bits per heavy atom. The van der Waals surface area contributed by atoms with Gasteiger partial charge in [0.2, 0.25) is 0 Å².